The Morgan fingerprint density at radius 1 is 1.32 bits per heavy atom. The Balaban J connectivity index is 1.87. The molecule has 1 aromatic carbocycles. The molecule has 0 saturated carbocycles. The molecular weight excluding hydrogens is 256 g/mol. The molecule has 1 amide bonds. The van der Waals surface area contributed by atoms with Crippen LogP contribution in [0.5, 0.6) is 0 Å². The summed E-state index contributed by atoms with van der Waals surface area (Å²) in [5.41, 5.74) is 2.26. The summed E-state index contributed by atoms with van der Waals surface area (Å²) in [5.74, 6) is 0.0280. The van der Waals surface area contributed by atoms with Crippen molar-refractivity contribution in [3.63, 3.8) is 0 Å². The van der Waals surface area contributed by atoms with E-state index in [2.05, 4.69) is 17.2 Å². The second-order valence-electron chi connectivity index (χ2n) is 4.41. The maximum absolute atomic E-state index is 11.9. The minimum absolute atomic E-state index is 0.0280. The predicted octanol–water partition coefficient (Wildman–Crippen LogP) is 3.59. The standard InChI is InChI=1S/C15H18N2OS/c1-3-13-11(2)19-15(16-13)17-14(18)10-9-12-7-5-4-6-8-12/h4-8H,3,9-10H2,1-2H3,(H,16,17,18). The molecule has 0 unspecified atom stereocenters. The van der Waals surface area contributed by atoms with Crippen molar-refractivity contribution in [1.29, 1.82) is 0 Å². The zero-order chi connectivity index (χ0) is 13.7. The smallest absolute Gasteiger partial charge is 0.226 e. The topological polar surface area (TPSA) is 42.0 Å². The fourth-order valence-corrected chi connectivity index (χ4v) is 2.81. The largest absolute Gasteiger partial charge is 0.302 e. The van der Waals surface area contributed by atoms with Crippen molar-refractivity contribution in [1.82, 2.24) is 4.98 Å². The first-order valence-electron chi connectivity index (χ1n) is 6.49. The highest BCUT2D eigenvalue weighted by Crippen LogP contribution is 2.22. The highest BCUT2D eigenvalue weighted by Gasteiger charge is 2.09. The molecular formula is C15H18N2OS. The number of nitrogens with one attached hydrogen (secondary N) is 1. The van der Waals surface area contributed by atoms with Crippen molar-refractivity contribution in [2.45, 2.75) is 33.1 Å². The number of carbonyl (C=O) groups excluding carboxylic acids is 1. The summed E-state index contributed by atoms with van der Waals surface area (Å²) in [6, 6.07) is 10.0. The molecule has 2 rings (SSSR count). The molecule has 0 spiro atoms. The summed E-state index contributed by atoms with van der Waals surface area (Å²) in [6.45, 7) is 4.11. The molecule has 0 radical (unpaired) electrons. The molecule has 4 heteroatoms. The van der Waals surface area contributed by atoms with Crippen LogP contribution < -0.4 is 5.32 Å². The molecule has 0 saturated heterocycles. The van der Waals surface area contributed by atoms with Crippen LogP contribution in [0.1, 0.15) is 29.5 Å². The van der Waals surface area contributed by atoms with E-state index in [9.17, 15) is 4.79 Å². The highest BCUT2D eigenvalue weighted by atomic mass is 32.1. The van der Waals surface area contributed by atoms with Crippen LogP contribution in [0.15, 0.2) is 30.3 Å². The monoisotopic (exact) mass is 274 g/mol. The summed E-state index contributed by atoms with van der Waals surface area (Å²) in [4.78, 5) is 17.4. The Bertz CT molecular complexity index is 549. The summed E-state index contributed by atoms with van der Waals surface area (Å²) >= 11 is 1.55. The maximum atomic E-state index is 11.9. The first kappa shape index (κ1) is 13.7. The SMILES string of the molecule is CCc1nc(NC(=O)CCc2ccccc2)sc1C. The highest BCUT2D eigenvalue weighted by molar-refractivity contribution is 7.15. The lowest BCUT2D eigenvalue weighted by Gasteiger charge is -2.02. The Morgan fingerprint density at radius 3 is 2.68 bits per heavy atom. The summed E-state index contributed by atoms with van der Waals surface area (Å²) in [6.07, 6.45) is 2.16. The van der Waals surface area contributed by atoms with Gasteiger partial charge >= 0.3 is 0 Å². The van der Waals surface area contributed by atoms with Gasteiger partial charge in [0.05, 0.1) is 5.69 Å². The molecule has 1 N–H and O–H groups in total. The molecule has 2 aromatic rings. The number of hydrogen-bond donors (Lipinski definition) is 1. The lowest BCUT2D eigenvalue weighted by Crippen LogP contribution is -2.12. The third kappa shape index (κ3) is 3.89. The van der Waals surface area contributed by atoms with Crippen molar-refractivity contribution in [3.05, 3.63) is 46.5 Å². The van der Waals surface area contributed by atoms with E-state index >= 15 is 0 Å². The zero-order valence-corrected chi connectivity index (χ0v) is 12.1. The molecule has 0 atom stereocenters. The van der Waals surface area contributed by atoms with E-state index in [1.165, 1.54) is 10.4 Å². The molecule has 0 aliphatic rings. The van der Waals surface area contributed by atoms with Gasteiger partial charge < -0.3 is 5.32 Å². The van der Waals surface area contributed by atoms with E-state index in [0.717, 1.165) is 18.5 Å². The fourth-order valence-electron chi connectivity index (χ4n) is 1.89. The Hall–Kier alpha value is -1.68. The van der Waals surface area contributed by atoms with Gasteiger partial charge in [-0.15, -0.1) is 11.3 Å². The molecule has 100 valence electrons. The number of benzene rings is 1. The van der Waals surface area contributed by atoms with Crippen LogP contribution >= 0.6 is 11.3 Å². The zero-order valence-electron chi connectivity index (χ0n) is 11.3. The number of aromatic nitrogens is 1. The van der Waals surface area contributed by atoms with Gasteiger partial charge in [0.25, 0.3) is 0 Å². The van der Waals surface area contributed by atoms with Crippen LogP contribution in [0, 0.1) is 6.92 Å². The minimum atomic E-state index is 0.0280. The summed E-state index contributed by atoms with van der Waals surface area (Å²) < 4.78 is 0. The van der Waals surface area contributed by atoms with E-state index in [0.29, 0.717) is 11.6 Å². The molecule has 0 aliphatic carbocycles. The van der Waals surface area contributed by atoms with Crippen LogP contribution in [0.2, 0.25) is 0 Å². The van der Waals surface area contributed by atoms with E-state index in [1.54, 1.807) is 11.3 Å². The number of thiazole rings is 1. The van der Waals surface area contributed by atoms with Crippen molar-refractivity contribution in [2.75, 3.05) is 5.32 Å². The van der Waals surface area contributed by atoms with Gasteiger partial charge in [-0.05, 0) is 25.3 Å². The first-order valence-corrected chi connectivity index (χ1v) is 7.30. The van der Waals surface area contributed by atoms with Crippen molar-refractivity contribution < 1.29 is 4.79 Å². The van der Waals surface area contributed by atoms with Crippen LogP contribution in [-0.2, 0) is 17.6 Å². The number of rotatable bonds is 5. The van der Waals surface area contributed by atoms with Crippen molar-refractivity contribution in [3.8, 4) is 0 Å². The molecule has 0 bridgehead atoms. The van der Waals surface area contributed by atoms with Gasteiger partial charge in [-0.3, -0.25) is 4.79 Å². The van der Waals surface area contributed by atoms with E-state index in [4.69, 9.17) is 0 Å². The number of carbonyl (C=O) groups is 1. The van der Waals surface area contributed by atoms with Crippen molar-refractivity contribution >= 4 is 22.4 Å². The number of aryl methyl sites for hydroxylation is 3. The van der Waals surface area contributed by atoms with Gasteiger partial charge in [0.2, 0.25) is 5.91 Å². The van der Waals surface area contributed by atoms with Gasteiger partial charge in [0, 0.05) is 11.3 Å². The minimum Gasteiger partial charge on any atom is -0.302 e. The Kier molecular flexibility index (Phi) is 4.68. The third-order valence-corrected chi connectivity index (χ3v) is 3.89. The first-order chi connectivity index (χ1) is 9.19. The van der Waals surface area contributed by atoms with E-state index < -0.39 is 0 Å². The van der Waals surface area contributed by atoms with Crippen LogP contribution in [-0.4, -0.2) is 10.9 Å². The quantitative estimate of drug-likeness (QED) is 0.905. The molecule has 1 heterocycles. The molecule has 0 fully saturated rings. The fraction of sp³-hybridized carbons (Fsp3) is 0.333. The summed E-state index contributed by atoms with van der Waals surface area (Å²) in [5, 5.41) is 3.59. The lowest BCUT2D eigenvalue weighted by atomic mass is 10.1. The average molecular weight is 274 g/mol. The number of amides is 1. The second-order valence-corrected chi connectivity index (χ2v) is 5.61. The predicted molar refractivity (Wildman–Crippen MR) is 79.6 cm³/mol. The van der Waals surface area contributed by atoms with Gasteiger partial charge in [-0.1, -0.05) is 37.3 Å². The molecule has 0 aliphatic heterocycles. The molecule has 19 heavy (non-hydrogen) atoms. The van der Waals surface area contributed by atoms with Crippen LogP contribution in [0.3, 0.4) is 0 Å². The van der Waals surface area contributed by atoms with Gasteiger partial charge in [-0.2, -0.15) is 0 Å². The molecule has 3 nitrogen and oxygen atoms in total. The molecule has 1 aromatic heterocycles. The second kappa shape index (κ2) is 6.48. The van der Waals surface area contributed by atoms with Crippen molar-refractivity contribution in [2.24, 2.45) is 0 Å². The number of anilines is 1. The van der Waals surface area contributed by atoms with Gasteiger partial charge in [-0.25, -0.2) is 4.98 Å². The lowest BCUT2D eigenvalue weighted by molar-refractivity contribution is -0.116. The van der Waals surface area contributed by atoms with Crippen LogP contribution in [0.4, 0.5) is 5.13 Å². The third-order valence-electron chi connectivity index (χ3n) is 2.96. The normalized spacial score (nSPS) is 10.4. The number of hydrogen-bond acceptors (Lipinski definition) is 3. The van der Waals surface area contributed by atoms with Crippen LogP contribution in [0.25, 0.3) is 0 Å². The Labute approximate surface area is 117 Å². The van der Waals surface area contributed by atoms with E-state index in [1.807, 2.05) is 37.3 Å². The maximum Gasteiger partial charge on any atom is 0.226 e. The van der Waals surface area contributed by atoms with Gasteiger partial charge in [0.1, 0.15) is 0 Å². The van der Waals surface area contributed by atoms with E-state index in [-0.39, 0.29) is 5.91 Å². The van der Waals surface area contributed by atoms with Gasteiger partial charge in [0.15, 0.2) is 5.13 Å². The summed E-state index contributed by atoms with van der Waals surface area (Å²) in [7, 11) is 0. The average Bonchev–Trinajstić information content (AvgIpc) is 2.77. The number of nitrogens with zero attached hydrogens (tertiary/aromatic N) is 1. The Morgan fingerprint density at radius 2 is 2.05 bits per heavy atom.